The highest BCUT2D eigenvalue weighted by atomic mass is 19.4. The standard InChI is InChI=1S/C26H25F3N6/c1-16(2)21-6-4-5-7-22(21)25-32-15-19(13-30)24(33-25)31-14-18-8-10-20(11-9-18)35-17(3)12-23(34-35)26(27,28)29/h4-13,15-16,30H,14H2,1-3H3,(H,31,32,33). The van der Waals surface area contributed by atoms with Gasteiger partial charge in [-0.05, 0) is 42.2 Å². The number of hydrogen-bond donors (Lipinski definition) is 2. The van der Waals surface area contributed by atoms with Gasteiger partial charge in [-0.1, -0.05) is 50.2 Å². The van der Waals surface area contributed by atoms with Crippen LogP contribution in [0, 0.1) is 12.3 Å². The summed E-state index contributed by atoms with van der Waals surface area (Å²) in [5.74, 6) is 1.41. The van der Waals surface area contributed by atoms with E-state index in [2.05, 4.69) is 40.3 Å². The average molecular weight is 479 g/mol. The number of nitrogens with one attached hydrogen (secondary N) is 2. The van der Waals surface area contributed by atoms with Gasteiger partial charge in [0.05, 0.1) is 11.3 Å². The molecule has 0 saturated heterocycles. The molecule has 0 fully saturated rings. The van der Waals surface area contributed by atoms with Crippen LogP contribution in [0.25, 0.3) is 17.1 Å². The van der Waals surface area contributed by atoms with Crippen LogP contribution in [-0.4, -0.2) is 26.0 Å². The molecule has 0 unspecified atom stereocenters. The predicted molar refractivity (Wildman–Crippen MR) is 130 cm³/mol. The molecule has 6 nitrogen and oxygen atoms in total. The van der Waals surface area contributed by atoms with E-state index in [9.17, 15) is 13.2 Å². The monoisotopic (exact) mass is 478 g/mol. The van der Waals surface area contributed by atoms with E-state index in [1.165, 1.54) is 10.9 Å². The number of nitrogens with zero attached hydrogens (tertiary/aromatic N) is 4. The van der Waals surface area contributed by atoms with Gasteiger partial charge in [-0.3, -0.25) is 0 Å². The maximum absolute atomic E-state index is 13.0. The molecule has 9 heteroatoms. The molecule has 2 N–H and O–H groups in total. The normalized spacial score (nSPS) is 11.6. The number of aromatic nitrogens is 4. The molecular weight excluding hydrogens is 453 g/mol. The molecule has 2 aromatic carbocycles. The maximum Gasteiger partial charge on any atom is 0.435 e. The van der Waals surface area contributed by atoms with Gasteiger partial charge in [0.2, 0.25) is 0 Å². The van der Waals surface area contributed by atoms with Crippen LogP contribution >= 0.6 is 0 Å². The first kappa shape index (κ1) is 24.1. The van der Waals surface area contributed by atoms with Crippen molar-refractivity contribution < 1.29 is 13.2 Å². The fourth-order valence-electron chi connectivity index (χ4n) is 3.79. The van der Waals surface area contributed by atoms with Gasteiger partial charge in [-0.2, -0.15) is 18.3 Å². The summed E-state index contributed by atoms with van der Waals surface area (Å²) in [5.41, 5.74) is 3.55. The highest BCUT2D eigenvalue weighted by Crippen LogP contribution is 2.30. The highest BCUT2D eigenvalue weighted by Gasteiger charge is 2.34. The number of hydrogen-bond acceptors (Lipinski definition) is 5. The zero-order valence-electron chi connectivity index (χ0n) is 19.6. The number of halogens is 3. The quantitative estimate of drug-likeness (QED) is 0.302. The van der Waals surface area contributed by atoms with Crippen molar-refractivity contribution in [2.75, 3.05) is 5.32 Å². The van der Waals surface area contributed by atoms with Crippen LogP contribution in [0.15, 0.2) is 60.8 Å². The van der Waals surface area contributed by atoms with Gasteiger partial charge >= 0.3 is 6.18 Å². The molecule has 2 aromatic heterocycles. The van der Waals surface area contributed by atoms with E-state index in [0.717, 1.165) is 22.8 Å². The third kappa shape index (κ3) is 5.24. The van der Waals surface area contributed by atoms with Crippen molar-refractivity contribution >= 4 is 12.0 Å². The summed E-state index contributed by atoms with van der Waals surface area (Å²) in [4.78, 5) is 9.14. The smallest absolute Gasteiger partial charge is 0.365 e. The lowest BCUT2D eigenvalue weighted by atomic mass is 9.97. The van der Waals surface area contributed by atoms with E-state index in [0.29, 0.717) is 41.0 Å². The number of aryl methyl sites for hydroxylation is 1. The average Bonchev–Trinajstić information content (AvgIpc) is 3.25. The second kappa shape index (κ2) is 9.69. The van der Waals surface area contributed by atoms with Crippen LogP contribution < -0.4 is 5.32 Å². The van der Waals surface area contributed by atoms with Crippen molar-refractivity contribution in [3.63, 3.8) is 0 Å². The minimum Gasteiger partial charge on any atom is -0.365 e. The number of alkyl halides is 3. The molecule has 4 rings (SSSR count). The Morgan fingerprint density at radius 2 is 1.80 bits per heavy atom. The molecule has 0 saturated carbocycles. The van der Waals surface area contributed by atoms with Crippen LogP contribution in [0.3, 0.4) is 0 Å². The van der Waals surface area contributed by atoms with Crippen molar-refractivity contribution in [3.8, 4) is 17.1 Å². The van der Waals surface area contributed by atoms with E-state index in [1.54, 1.807) is 25.3 Å². The Morgan fingerprint density at radius 1 is 1.09 bits per heavy atom. The molecule has 180 valence electrons. The number of anilines is 1. The van der Waals surface area contributed by atoms with Crippen LogP contribution in [0.5, 0.6) is 0 Å². The summed E-state index contributed by atoms with van der Waals surface area (Å²) in [6.45, 7) is 6.22. The van der Waals surface area contributed by atoms with Crippen molar-refractivity contribution in [3.05, 3.63) is 88.9 Å². The molecule has 2 heterocycles. The Morgan fingerprint density at radius 3 is 2.43 bits per heavy atom. The zero-order valence-corrected chi connectivity index (χ0v) is 19.6. The van der Waals surface area contributed by atoms with E-state index in [-0.39, 0.29) is 0 Å². The molecule has 0 spiro atoms. The molecule has 0 atom stereocenters. The van der Waals surface area contributed by atoms with Crippen LogP contribution in [0.2, 0.25) is 0 Å². The van der Waals surface area contributed by atoms with Crippen molar-refractivity contribution in [1.29, 1.82) is 5.41 Å². The molecule has 0 amide bonds. The zero-order chi connectivity index (χ0) is 25.2. The second-order valence-electron chi connectivity index (χ2n) is 8.48. The van der Waals surface area contributed by atoms with E-state index in [1.807, 2.05) is 30.3 Å². The van der Waals surface area contributed by atoms with E-state index < -0.39 is 11.9 Å². The minimum atomic E-state index is -4.49. The molecule has 0 bridgehead atoms. The van der Waals surface area contributed by atoms with Crippen molar-refractivity contribution in [2.24, 2.45) is 0 Å². The van der Waals surface area contributed by atoms with Crippen molar-refractivity contribution in [2.45, 2.75) is 39.4 Å². The summed E-state index contributed by atoms with van der Waals surface area (Å²) >= 11 is 0. The lowest BCUT2D eigenvalue weighted by molar-refractivity contribution is -0.141. The first-order valence-electron chi connectivity index (χ1n) is 11.1. The summed E-state index contributed by atoms with van der Waals surface area (Å²) in [6, 6.07) is 16.1. The summed E-state index contributed by atoms with van der Waals surface area (Å²) in [6.07, 6.45) is -1.67. The Balaban J connectivity index is 1.55. The molecule has 0 aliphatic carbocycles. The van der Waals surface area contributed by atoms with Gasteiger partial charge in [-0.25, -0.2) is 14.6 Å². The minimum absolute atomic E-state index is 0.303. The third-order valence-electron chi connectivity index (χ3n) is 5.61. The van der Waals surface area contributed by atoms with E-state index >= 15 is 0 Å². The second-order valence-corrected chi connectivity index (χ2v) is 8.48. The van der Waals surface area contributed by atoms with Crippen LogP contribution in [-0.2, 0) is 12.7 Å². The summed E-state index contributed by atoms with van der Waals surface area (Å²) < 4.78 is 40.2. The highest BCUT2D eigenvalue weighted by molar-refractivity contribution is 5.84. The van der Waals surface area contributed by atoms with E-state index in [4.69, 9.17) is 5.41 Å². The third-order valence-corrected chi connectivity index (χ3v) is 5.61. The molecule has 4 aromatic rings. The molecule has 0 aliphatic heterocycles. The van der Waals surface area contributed by atoms with Crippen LogP contribution in [0.1, 0.15) is 47.8 Å². The summed E-state index contributed by atoms with van der Waals surface area (Å²) in [5, 5.41) is 14.7. The lowest BCUT2D eigenvalue weighted by Crippen LogP contribution is -2.08. The van der Waals surface area contributed by atoms with Gasteiger partial charge in [0.25, 0.3) is 0 Å². The molecule has 0 radical (unpaired) electrons. The lowest BCUT2D eigenvalue weighted by Gasteiger charge is -2.14. The Hall–Kier alpha value is -4.01. The molecule has 35 heavy (non-hydrogen) atoms. The predicted octanol–water partition coefficient (Wildman–Crippen LogP) is 6.39. The van der Waals surface area contributed by atoms with Gasteiger partial charge < -0.3 is 10.7 Å². The first-order chi connectivity index (χ1) is 16.7. The van der Waals surface area contributed by atoms with Gasteiger partial charge in [0.15, 0.2) is 11.5 Å². The van der Waals surface area contributed by atoms with Gasteiger partial charge in [0.1, 0.15) is 5.82 Å². The maximum atomic E-state index is 13.0. The Bertz CT molecular complexity index is 1340. The van der Waals surface area contributed by atoms with Gasteiger partial charge in [-0.15, -0.1) is 0 Å². The van der Waals surface area contributed by atoms with Gasteiger partial charge in [0, 0.05) is 30.2 Å². The fraction of sp³-hybridized carbons (Fsp3) is 0.231. The number of rotatable bonds is 7. The fourth-order valence-corrected chi connectivity index (χ4v) is 3.79. The van der Waals surface area contributed by atoms with Crippen molar-refractivity contribution in [1.82, 2.24) is 19.7 Å². The number of benzene rings is 2. The largest absolute Gasteiger partial charge is 0.435 e. The topological polar surface area (TPSA) is 79.5 Å². The first-order valence-corrected chi connectivity index (χ1v) is 11.1. The Labute approximate surface area is 201 Å². The SMILES string of the molecule is Cc1cc(C(F)(F)F)nn1-c1ccc(CNc2nc(-c3ccccc3C(C)C)ncc2C=N)cc1. The molecular formula is C26H25F3N6. The molecule has 0 aliphatic rings. The summed E-state index contributed by atoms with van der Waals surface area (Å²) in [7, 11) is 0. The van der Waals surface area contributed by atoms with Crippen LogP contribution in [0.4, 0.5) is 19.0 Å². The Kier molecular flexibility index (Phi) is 6.68.